The average Bonchev–Trinajstić information content (AvgIpc) is 2.71. The lowest BCUT2D eigenvalue weighted by Crippen LogP contribution is -2.53. The van der Waals surface area contributed by atoms with Crippen molar-refractivity contribution < 1.29 is 14.3 Å². The zero-order valence-electron chi connectivity index (χ0n) is 18.1. The van der Waals surface area contributed by atoms with Crippen LogP contribution in [0.1, 0.15) is 55.6 Å². The molecule has 0 unspecified atom stereocenters. The Morgan fingerprint density at radius 1 is 1.07 bits per heavy atom. The molecule has 0 saturated carbocycles. The molecule has 30 heavy (non-hydrogen) atoms. The van der Waals surface area contributed by atoms with Crippen molar-refractivity contribution in [2.24, 2.45) is 5.92 Å². The molecule has 3 aliphatic rings. The van der Waals surface area contributed by atoms with Gasteiger partial charge < -0.3 is 24.4 Å². The Kier molecular flexibility index (Phi) is 5.86. The predicted octanol–water partition coefficient (Wildman–Crippen LogP) is 1.64. The van der Waals surface area contributed by atoms with Gasteiger partial charge in [-0.15, -0.1) is 0 Å². The normalized spacial score (nSPS) is 28.1. The Labute approximate surface area is 177 Å². The van der Waals surface area contributed by atoms with Crippen LogP contribution >= 0.6 is 0 Å². The van der Waals surface area contributed by atoms with Gasteiger partial charge in [0.05, 0.1) is 12.2 Å². The summed E-state index contributed by atoms with van der Waals surface area (Å²) in [6.45, 7) is 9.40. The van der Waals surface area contributed by atoms with Gasteiger partial charge in [-0.2, -0.15) is 0 Å². The van der Waals surface area contributed by atoms with Crippen molar-refractivity contribution in [2.75, 3.05) is 32.7 Å². The van der Waals surface area contributed by atoms with Crippen LogP contribution in [0.2, 0.25) is 0 Å². The van der Waals surface area contributed by atoms with Gasteiger partial charge in [0.25, 0.3) is 11.5 Å². The fourth-order valence-electron chi connectivity index (χ4n) is 5.13. The van der Waals surface area contributed by atoms with Crippen LogP contribution < -0.4 is 10.9 Å². The van der Waals surface area contributed by atoms with E-state index in [2.05, 4.69) is 5.32 Å². The quantitative estimate of drug-likeness (QED) is 0.812. The lowest BCUT2D eigenvalue weighted by molar-refractivity contribution is -0.0586. The molecule has 0 spiro atoms. The first-order valence-corrected chi connectivity index (χ1v) is 11.1. The number of urea groups is 1. The minimum absolute atomic E-state index is 0.0234. The van der Waals surface area contributed by atoms with Gasteiger partial charge >= 0.3 is 6.03 Å². The van der Waals surface area contributed by atoms with Gasteiger partial charge in [0.15, 0.2) is 0 Å². The molecule has 0 radical (unpaired) electrons. The third-order valence-corrected chi connectivity index (χ3v) is 6.35. The van der Waals surface area contributed by atoms with Crippen molar-refractivity contribution in [1.82, 2.24) is 19.7 Å². The predicted molar refractivity (Wildman–Crippen MR) is 113 cm³/mol. The molecule has 8 nitrogen and oxygen atoms in total. The van der Waals surface area contributed by atoms with E-state index >= 15 is 0 Å². The molecule has 2 saturated heterocycles. The molecule has 3 amide bonds. The van der Waals surface area contributed by atoms with Crippen LogP contribution in [0.25, 0.3) is 0 Å². The molecule has 4 rings (SSSR count). The largest absolute Gasteiger partial charge is 0.372 e. The van der Waals surface area contributed by atoms with Crippen LogP contribution in [0, 0.1) is 5.92 Å². The van der Waals surface area contributed by atoms with E-state index in [1.165, 1.54) is 0 Å². The maximum Gasteiger partial charge on any atom is 0.317 e. The second-order valence-electron chi connectivity index (χ2n) is 8.99. The van der Waals surface area contributed by atoms with Crippen LogP contribution in [0.15, 0.2) is 16.9 Å². The Morgan fingerprint density at radius 2 is 1.80 bits per heavy atom. The van der Waals surface area contributed by atoms with Crippen LogP contribution in [0.3, 0.4) is 0 Å². The van der Waals surface area contributed by atoms with Gasteiger partial charge in [0, 0.05) is 50.9 Å². The SMILES string of the molecule is CCCNC(=O)N1C[C@@H]2C[C@H](C1)c1ccc(C(=O)N3C[C@@H](C)O[C@@H](C)C3)c(=O)n1C2. The third kappa shape index (κ3) is 3.97. The number of morpholine rings is 1. The summed E-state index contributed by atoms with van der Waals surface area (Å²) in [5, 5.41) is 2.95. The molecule has 4 heterocycles. The number of hydrogen-bond acceptors (Lipinski definition) is 4. The van der Waals surface area contributed by atoms with E-state index in [9.17, 15) is 14.4 Å². The molecule has 3 aliphatic heterocycles. The number of fused-ring (bicyclic) bond motifs is 4. The Hall–Kier alpha value is -2.35. The van der Waals surface area contributed by atoms with E-state index in [0.717, 1.165) is 18.5 Å². The van der Waals surface area contributed by atoms with Crippen molar-refractivity contribution in [3.8, 4) is 0 Å². The summed E-state index contributed by atoms with van der Waals surface area (Å²) in [7, 11) is 0. The monoisotopic (exact) mass is 416 g/mol. The Bertz CT molecular complexity index is 872. The second-order valence-corrected chi connectivity index (χ2v) is 8.99. The number of carbonyl (C=O) groups is 2. The highest BCUT2D eigenvalue weighted by molar-refractivity contribution is 5.94. The third-order valence-electron chi connectivity index (χ3n) is 6.35. The number of nitrogens with zero attached hydrogens (tertiary/aromatic N) is 3. The Morgan fingerprint density at radius 3 is 2.50 bits per heavy atom. The summed E-state index contributed by atoms with van der Waals surface area (Å²) in [4.78, 5) is 42.3. The fraction of sp³-hybridized carbons (Fsp3) is 0.682. The number of likely N-dealkylation sites (tertiary alicyclic amines) is 1. The number of piperidine rings is 1. The molecule has 8 heteroatoms. The number of aromatic nitrogens is 1. The maximum absolute atomic E-state index is 13.2. The first-order chi connectivity index (χ1) is 14.4. The van der Waals surface area contributed by atoms with Crippen molar-refractivity contribution in [3.63, 3.8) is 0 Å². The molecule has 1 aromatic rings. The molecular weight excluding hydrogens is 384 g/mol. The number of nitrogens with one attached hydrogen (secondary N) is 1. The summed E-state index contributed by atoms with van der Waals surface area (Å²) in [5.41, 5.74) is 0.963. The van der Waals surface area contributed by atoms with Gasteiger partial charge in [0.2, 0.25) is 0 Å². The standard InChI is InChI=1S/C22H32N4O4/c1-4-7-23-22(29)25-11-16-8-17(13-25)19-6-5-18(21(28)26(19)12-16)20(27)24-9-14(2)30-15(3)10-24/h5-6,14-17H,4,7-13H2,1-3H3,(H,23,29)/t14-,15+,16-,17+/m0/s1. The molecule has 4 atom stereocenters. The molecule has 0 aliphatic carbocycles. The first-order valence-electron chi connectivity index (χ1n) is 11.1. The van der Waals surface area contributed by atoms with Crippen molar-refractivity contribution in [2.45, 2.75) is 58.3 Å². The first kappa shape index (κ1) is 20.9. The van der Waals surface area contributed by atoms with Gasteiger partial charge in [0.1, 0.15) is 5.56 Å². The highest BCUT2D eigenvalue weighted by Crippen LogP contribution is 2.35. The van der Waals surface area contributed by atoms with Crippen LogP contribution in [-0.4, -0.2) is 71.2 Å². The van der Waals surface area contributed by atoms with Gasteiger partial charge in [-0.25, -0.2) is 4.79 Å². The van der Waals surface area contributed by atoms with E-state index in [1.807, 2.05) is 31.7 Å². The van der Waals surface area contributed by atoms with E-state index < -0.39 is 0 Å². The Balaban J connectivity index is 1.55. The zero-order chi connectivity index (χ0) is 21.4. The molecule has 164 valence electrons. The van der Waals surface area contributed by atoms with Crippen molar-refractivity contribution in [3.05, 3.63) is 33.7 Å². The summed E-state index contributed by atoms with van der Waals surface area (Å²) in [5.74, 6) is 0.147. The highest BCUT2D eigenvalue weighted by Gasteiger charge is 2.37. The van der Waals surface area contributed by atoms with E-state index in [-0.39, 0.29) is 47.1 Å². The molecule has 1 aromatic heterocycles. The van der Waals surface area contributed by atoms with Gasteiger partial charge in [-0.05, 0) is 44.7 Å². The number of pyridine rings is 1. The number of hydrogen-bond donors (Lipinski definition) is 1. The lowest BCUT2D eigenvalue weighted by Gasteiger charge is -2.43. The minimum Gasteiger partial charge on any atom is -0.372 e. The summed E-state index contributed by atoms with van der Waals surface area (Å²) in [6, 6.07) is 3.57. The van der Waals surface area contributed by atoms with E-state index in [1.54, 1.807) is 15.5 Å². The summed E-state index contributed by atoms with van der Waals surface area (Å²) in [6.07, 6.45) is 1.80. The highest BCUT2D eigenvalue weighted by atomic mass is 16.5. The number of carbonyl (C=O) groups excluding carboxylic acids is 2. The number of ether oxygens (including phenoxy) is 1. The van der Waals surface area contributed by atoms with E-state index in [4.69, 9.17) is 4.74 Å². The molecule has 2 bridgehead atoms. The smallest absolute Gasteiger partial charge is 0.317 e. The van der Waals surface area contributed by atoms with Crippen molar-refractivity contribution in [1.29, 1.82) is 0 Å². The summed E-state index contributed by atoms with van der Waals surface area (Å²) >= 11 is 0. The van der Waals surface area contributed by atoms with Gasteiger partial charge in [-0.1, -0.05) is 6.92 Å². The summed E-state index contributed by atoms with van der Waals surface area (Å²) < 4.78 is 7.49. The molecular formula is C22H32N4O4. The fourth-order valence-corrected chi connectivity index (χ4v) is 5.13. The van der Waals surface area contributed by atoms with Crippen LogP contribution in [0.5, 0.6) is 0 Å². The lowest BCUT2D eigenvalue weighted by atomic mass is 9.83. The molecule has 1 N–H and O–H groups in total. The maximum atomic E-state index is 13.2. The minimum atomic E-state index is -0.214. The number of rotatable bonds is 3. The zero-order valence-corrected chi connectivity index (χ0v) is 18.1. The number of amides is 3. The molecule has 2 fully saturated rings. The second kappa shape index (κ2) is 8.41. The van der Waals surface area contributed by atoms with E-state index in [0.29, 0.717) is 39.3 Å². The molecule has 0 aromatic carbocycles. The van der Waals surface area contributed by atoms with Crippen LogP contribution in [-0.2, 0) is 11.3 Å². The average molecular weight is 417 g/mol. The topological polar surface area (TPSA) is 83.9 Å². The van der Waals surface area contributed by atoms with Gasteiger partial charge in [-0.3, -0.25) is 9.59 Å². The van der Waals surface area contributed by atoms with Crippen LogP contribution in [0.4, 0.5) is 4.79 Å². The van der Waals surface area contributed by atoms with Crippen molar-refractivity contribution >= 4 is 11.9 Å².